The molecule has 0 atom stereocenters. The van der Waals surface area contributed by atoms with Crippen LogP contribution >= 0.6 is 0 Å². The summed E-state index contributed by atoms with van der Waals surface area (Å²) in [6.07, 6.45) is 1.57. The third-order valence-electron chi connectivity index (χ3n) is 1.91. The molecule has 0 spiro atoms. The summed E-state index contributed by atoms with van der Waals surface area (Å²) in [5.74, 6) is 0. The lowest BCUT2D eigenvalue weighted by Crippen LogP contribution is -2.07. The molecule has 0 unspecified atom stereocenters. The molecule has 66 valence electrons. The molecule has 2 aromatic rings. The zero-order valence-electron chi connectivity index (χ0n) is 6.82. The summed E-state index contributed by atoms with van der Waals surface area (Å²) in [6, 6.07) is 5.15. The molecule has 0 fully saturated rings. The summed E-state index contributed by atoms with van der Waals surface area (Å²) < 4.78 is 0. The van der Waals surface area contributed by atoms with Crippen LogP contribution in [0.2, 0.25) is 0 Å². The molecule has 0 aliphatic rings. The van der Waals surface area contributed by atoms with Crippen LogP contribution in [0.15, 0.2) is 29.2 Å². The van der Waals surface area contributed by atoms with Crippen molar-refractivity contribution in [2.75, 3.05) is 0 Å². The Morgan fingerprint density at radius 3 is 3.08 bits per heavy atom. The van der Waals surface area contributed by atoms with E-state index in [1.807, 2.05) is 0 Å². The highest BCUT2D eigenvalue weighted by molar-refractivity contribution is 5.81. The Morgan fingerprint density at radius 1 is 1.46 bits per heavy atom. The molecular formula is C9H8N2O2. The van der Waals surface area contributed by atoms with Crippen molar-refractivity contribution in [1.29, 1.82) is 0 Å². The number of nitrogens with one attached hydrogen (secondary N) is 1. The van der Waals surface area contributed by atoms with Crippen molar-refractivity contribution < 1.29 is 5.11 Å². The number of aliphatic hydroxyl groups is 1. The van der Waals surface area contributed by atoms with Gasteiger partial charge in [-0.25, -0.2) is 5.10 Å². The molecule has 0 bridgehead atoms. The summed E-state index contributed by atoms with van der Waals surface area (Å²) in [6.45, 7) is -0.0251. The molecular weight excluding hydrogens is 168 g/mol. The maximum Gasteiger partial charge on any atom is 0.272 e. The number of hydrogen-bond acceptors (Lipinski definition) is 3. The predicted molar refractivity (Wildman–Crippen MR) is 48.3 cm³/mol. The fraction of sp³-hybridized carbons (Fsp3) is 0.111. The lowest BCUT2D eigenvalue weighted by Gasteiger charge is -1.98. The second-order valence-electron chi connectivity index (χ2n) is 2.78. The molecule has 1 aromatic heterocycles. The van der Waals surface area contributed by atoms with Crippen LogP contribution in [0, 0.1) is 0 Å². The number of fused-ring (bicyclic) bond motifs is 1. The van der Waals surface area contributed by atoms with Gasteiger partial charge in [-0.3, -0.25) is 4.79 Å². The highest BCUT2D eigenvalue weighted by Crippen LogP contribution is 2.10. The number of nitrogens with zero attached hydrogens (tertiary/aromatic N) is 1. The third kappa shape index (κ3) is 1.31. The van der Waals surface area contributed by atoms with Gasteiger partial charge in [0.05, 0.1) is 18.2 Å². The van der Waals surface area contributed by atoms with Gasteiger partial charge in [-0.05, 0) is 17.7 Å². The van der Waals surface area contributed by atoms with Crippen LogP contribution in [0.1, 0.15) is 5.56 Å². The number of aromatic amines is 1. The molecule has 13 heavy (non-hydrogen) atoms. The summed E-state index contributed by atoms with van der Waals surface area (Å²) >= 11 is 0. The molecule has 2 N–H and O–H groups in total. The van der Waals surface area contributed by atoms with E-state index < -0.39 is 0 Å². The van der Waals surface area contributed by atoms with E-state index in [-0.39, 0.29) is 12.2 Å². The Labute approximate surface area is 73.8 Å². The van der Waals surface area contributed by atoms with Gasteiger partial charge in [-0.1, -0.05) is 6.07 Å². The largest absolute Gasteiger partial charge is 0.392 e. The van der Waals surface area contributed by atoms with E-state index in [4.69, 9.17) is 5.11 Å². The molecule has 0 amide bonds. The summed E-state index contributed by atoms with van der Waals surface area (Å²) in [4.78, 5) is 11.2. The Kier molecular flexibility index (Phi) is 1.83. The minimum absolute atomic E-state index is 0.0251. The van der Waals surface area contributed by atoms with E-state index in [1.165, 1.54) is 0 Å². The van der Waals surface area contributed by atoms with Crippen LogP contribution in [-0.4, -0.2) is 15.3 Å². The first-order valence-electron chi connectivity index (χ1n) is 3.88. The first-order valence-corrected chi connectivity index (χ1v) is 3.88. The first-order chi connectivity index (χ1) is 6.31. The zero-order valence-corrected chi connectivity index (χ0v) is 6.82. The van der Waals surface area contributed by atoms with Crippen molar-refractivity contribution in [2.24, 2.45) is 0 Å². The van der Waals surface area contributed by atoms with Gasteiger partial charge in [-0.2, -0.15) is 5.10 Å². The lowest BCUT2D eigenvalue weighted by atomic mass is 10.1. The van der Waals surface area contributed by atoms with Crippen molar-refractivity contribution in [1.82, 2.24) is 10.2 Å². The van der Waals surface area contributed by atoms with Gasteiger partial charge < -0.3 is 5.11 Å². The van der Waals surface area contributed by atoms with Crippen molar-refractivity contribution >= 4 is 10.8 Å². The number of aromatic nitrogens is 2. The van der Waals surface area contributed by atoms with E-state index in [2.05, 4.69) is 10.2 Å². The predicted octanol–water partition coefficient (Wildman–Crippen LogP) is 0.415. The molecule has 1 aromatic carbocycles. The topological polar surface area (TPSA) is 66.0 Å². The third-order valence-corrected chi connectivity index (χ3v) is 1.91. The molecule has 4 heteroatoms. The van der Waals surface area contributed by atoms with Gasteiger partial charge in [0.15, 0.2) is 0 Å². The van der Waals surface area contributed by atoms with Crippen LogP contribution in [0.5, 0.6) is 0 Å². The average molecular weight is 176 g/mol. The van der Waals surface area contributed by atoms with E-state index >= 15 is 0 Å². The normalized spacial score (nSPS) is 10.5. The maximum atomic E-state index is 11.2. The van der Waals surface area contributed by atoms with E-state index in [1.54, 1.807) is 24.4 Å². The van der Waals surface area contributed by atoms with Crippen LogP contribution in [-0.2, 0) is 6.61 Å². The van der Waals surface area contributed by atoms with E-state index in [0.29, 0.717) is 5.39 Å². The van der Waals surface area contributed by atoms with Crippen LogP contribution in [0.25, 0.3) is 10.8 Å². The second-order valence-corrected chi connectivity index (χ2v) is 2.78. The fourth-order valence-corrected chi connectivity index (χ4v) is 1.24. The number of rotatable bonds is 1. The molecule has 2 rings (SSSR count). The highest BCUT2D eigenvalue weighted by Gasteiger charge is 1.98. The fourth-order valence-electron chi connectivity index (χ4n) is 1.24. The highest BCUT2D eigenvalue weighted by atomic mass is 16.3. The van der Waals surface area contributed by atoms with Crippen molar-refractivity contribution in [3.05, 3.63) is 40.3 Å². The van der Waals surface area contributed by atoms with Gasteiger partial charge in [-0.15, -0.1) is 0 Å². The Morgan fingerprint density at radius 2 is 2.31 bits per heavy atom. The monoisotopic (exact) mass is 176 g/mol. The van der Waals surface area contributed by atoms with E-state index in [0.717, 1.165) is 10.9 Å². The summed E-state index contributed by atoms with van der Waals surface area (Å²) in [5, 5.41) is 16.2. The minimum atomic E-state index is -0.206. The molecule has 4 nitrogen and oxygen atoms in total. The number of hydrogen-bond donors (Lipinski definition) is 2. The summed E-state index contributed by atoms with van der Waals surface area (Å²) in [7, 11) is 0. The van der Waals surface area contributed by atoms with Gasteiger partial charge >= 0.3 is 0 Å². The van der Waals surface area contributed by atoms with Crippen molar-refractivity contribution in [3.8, 4) is 0 Å². The van der Waals surface area contributed by atoms with Gasteiger partial charge in [0, 0.05) is 5.39 Å². The lowest BCUT2D eigenvalue weighted by molar-refractivity contribution is 0.282. The SMILES string of the molecule is O=c1[nH]ncc2cc(CO)ccc12. The number of H-pyrrole nitrogens is 1. The van der Waals surface area contributed by atoms with Gasteiger partial charge in [0.1, 0.15) is 0 Å². The number of benzene rings is 1. The average Bonchev–Trinajstić information content (AvgIpc) is 2.18. The smallest absolute Gasteiger partial charge is 0.272 e. The zero-order chi connectivity index (χ0) is 9.26. The van der Waals surface area contributed by atoms with Crippen LogP contribution in [0.3, 0.4) is 0 Å². The quantitative estimate of drug-likeness (QED) is 0.661. The molecule has 0 saturated heterocycles. The Balaban J connectivity index is 2.80. The minimum Gasteiger partial charge on any atom is -0.392 e. The molecule has 0 aliphatic heterocycles. The van der Waals surface area contributed by atoms with Gasteiger partial charge in [0.25, 0.3) is 5.56 Å². The van der Waals surface area contributed by atoms with Crippen LogP contribution in [0.4, 0.5) is 0 Å². The molecule has 0 aliphatic carbocycles. The second kappa shape index (κ2) is 2.99. The van der Waals surface area contributed by atoms with Crippen molar-refractivity contribution in [3.63, 3.8) is 0 Å². The van der Waals surface area contributed by atoms with E-state index in [9.17, 15) is 4.79 Å². The maximum absolute atomic E-state index is 11.2. The Hall–Kier alpha value is -1.68. The molecule has 0 radical (unpaired) electrons. The Bertz CT molecular complexity index is 490. The van der Waals surface area contributed by atoms with Gasteiger partial charge in [0.2, 0.25) is 0 Å². The standard InChI is InChI=1S/C9H8N2O2/c12-5-6-1-2-8-7(3-6)4-10-11-9(8)13/h1-4,12H,5H2,(H,11,13). The first kappa shape index (κ1) is 7.94. The van der Waals surface area contributed by atoms with Crippen LogP contribution < -0.4 is 5.56 Å². The summed E-state index contributed by atoms with van der Waals surface area (Å²) in [5.41, 5.74) is 0.571. The molecule has 1 heterocycles. The molecule has 0 saturated carbocycles. The van der Waals surface area contributed by atoms with Crippen molar-refractivity contribution in [2.45, 2.75) is 6.61 Å². The number of aliphatic hydroxyl groups excluding tert-OH is 1.